The second kappa shape index (κ2) is 7.35. The van der Waals surface area contributed by atoms with E-state index in [1.807, 2.05) is 12.1 Å². The second-order valence-corrected chi connectivity index (χ2v) is 5.39. The summed E-state index contributed by atoms with van der Waals surface area (Å²) in [4.78, 5) is 12.4. The Morgan fingerprint density at radius 1 is 1.11 bits per heavy atom. The molecule has 0 spiro atoms. The van der Waals surface area contributed by atoms with Crippen molar-refractivity contribution in [1.82, 2.24) is 0 Å². The van der Waals surface area contributed by atoms with Gasteiger partial charge in [-0.25, -0.2) is 0 Å². The van der Waals surface area contributed by atoms with Crippen LogP contribution in [0.2, 0.25) is 0 Å². The van der Waals surface area contributed by atoms with E-state index in [0.717, 1.165) is 31.2 Å². The van der Waals surface area contributed by atoms with Gasteiger partial charge in [0.05, 0.1) is 0 Å². The van der Waals surface area contributed by atoms with Gasteiger partial charge in [0.25, 0.3) is 0 Å². The van der Waals surface area contributed by atoms with Crippen LogP contribution in [0.4, 0.5) is 0 Å². The van der Waals surface area contributed by atoms with E-state index in [0.29, 0.717) is 11.7 Å². The molecule has 100 valence electrons. The molecule has 0 heterocycles. The van der Waals surface area contributed by atoms with E-state index in [9.17, 15) is 4.79 Å². The lowest BCUT2D eigenvalue weighted by Gasteiger charge is -2.14. The van der Waals surface area contributed by atoms with E-state index in [1.54, 1.807) is 0 Å². The summed E-state index contributed by atoms with van der Waals surface area (Å²) in [6.45, 7) is 8.63. The highest BCUT2D eigenvalue weighted by molar-refractivity contribution is 5.97. The monoisotopic (exact) mass is 246 g/mol. The molecule has 0 aliphatic carbocycles. The van der Waals surface area contributed by atoms with E-state index in [1.165, 1.54) is 5.56 Å². The fraction of sp³-hybridized carbons (Fsp3) is 0.588. The Hall–Kier alpha value is -1.11. The summed E-state index contributed by atoms with van der Waals surface area (Å²) >= 11 is 0. The van der Waals surface area contributed by atoms with Crippen LogP contribution in [0.1, 0.15) is 75.2 Å². The van der Waals surface area contributed by atoms with Gasteiger partial charge in [0.2, 0.25) is 0 Å². The van der Waals surface area contributed by atoms with Gasteiger partial charge in [-0.05, 0) is 24.3 Å². The predicted molar refractivity (Wildman–Crippen MR) is 78.2 cm³/mol. The molecule has 1 unspecified atom stereocenters. The molecule has 0 radical (unpaired) electrons. The normalized spacial score (nSPS) is 12.7. The molecule has 0 aliphatic rings. The summed E-state index contributed by atoms with van der Waals surface area (Å²) < 4.78 is 0. The third-order valence-electron chi connectivity index (χ3n) is 3.63. The van der Waals surface area contributed by atoms with Crippen LogP contribution < -0.4 is 0 Å². The summed E-state index contributed by atoms with van der Waals surface area (Å²) in [7, 11) is 0. The minimum Gasteiger partial charge on any atom is -0.294 e. The van der Waals surface area contributed by atoms with Gasteiger partial charge in [-0.15, -0.1) is 0 Å². The molecular formula is C17H26O. The Balaban J connectivity index is 2.75. The molecule has 0 fully saturated rings. The molecule has 1 atom stereocenters. The van der Waals surface area contributed by atoms with Crippen molar-refractivity contribution in [3.63, 3.8) is 0 Å². The Morgan fingerprint density at radius 3 is 2.17 bits per heavy atom. The van der Waals surface area contributed by atoms with Crippen molar-refractivity contribution in [2.45, 2.75) is 59.3 Å². The van der Waals surface area contributed by atoms with Gasteiger partial charge in [0, 0.05) is 11.5 Å². The van der Waals surface area contributed by atoms with Gasteiger partial charge in [-0.3, -0.25) is 4.79 Å². The zero-order valence-corrected chi connectivity index (χ0v) is 12.2. The second-order valence-electron chi connectivity index (χ2n) is 5.39. The van der Waals surface area contributed by atoms with Crippen LogP contribution in [0, 0.1) is 5.92 Å². The van der Waals surface area contributed by atoms with E-state index in [4.69, 9.17) is 0 Å². The molecule has 0 amide bonds. The van der Waals surface area contributed by atoms with E-state index in [-0.39, 0.29) is 5.92 Å². The lowest BCUT2D eigenvalue weighted by atomic mass is 9.90. The largest absolute Gasteiger partial charge is 0.294 e. The minimum atomic E-state index is 0.204. The molecule has 0 bridgehead atoms. The fourth-order valence-corrected chi connectivity index (χ4v) is 2.24. The van der Waals surface area contributed by atoms with Gasteiger partial charge in [-0.2, -0.15) is 0 Å². The van der Waals surface area contributed by atoms with Crippen LogP contribution in [0.25, 0.3) is 0 Å². The number of rotatable bonds is 7. The number of hydrogen-bond donors (Lipinski definition) is 0. The van der Waals surface area contributed by atoms with Crippen molar-refractivity contribution in [3.05, 3.63) is 35.4 Å². The third kappa shape index (κ3) is 3.97. The molecule has 1 rings (SSSR count). The first-order valence-corrected chi connectivity index (χ1v) is 7.24. The highest BCUT2D eigenvalue weighted by atomic mass is 16.1. The molecule has 1 aromatic carbocycles. The van der Waals surface area contributed by atoms with Gasteiger partial charge in [0.1, 0.15) is 0 Å². The van der Waals surface area contributed by atoms with Gasteiger partial charge < -0.3 is 0 Å². The van der Waals surface area contributed by atoms with Crippen LogP contribution in [0.3, 0.4) is 0 Å². The molecule has 1 heteroatoms. The first-order chi connectivity index (χ1) is 8.60. The lowest BCUT2D eigenvalue weighted by molar-refractivity contribution is 0.0908. The number of unbranched alkanes of at least 4 members (excludes halogenated alkanes) is 1. The zero-order chi connectivity index (χ0) is 13.5. The predicted octanol–water partition coefficient (Wildman–Crippen LogP) is 5.21. The Morgan fingerprint density at radius 2 is 1.72 bits per heavy atom. The molecule has 0 N–H and O–H groups in total. The standard InChI is InChI=1S/C17H26O/c1-5-7-8-14(6-2)17(18)16-11-9-15(10-12-16)13(3)4/h9-14H,5-8H2,1-4H3. The maximum atomic E-state index is 12.4. The third-order valence-corrected chi connectivity index (χ3v) is 3.63. The SMILES string of the molecule is CCCCC(CC)C(=O)c1ccc(C(C)C)cc1. The zero-order valence-electron chi connectivity index (χ0n) is 12.2. The van der Waals surface area contributed by atoms with Crippen molar-refractivity contribution in [2.75, 3.05) is 0 Å². The highest BCUT2D eigenvalue weighted by Gasteiger charge is 2.17. The van der Waals surface area contributed by atoms with Crippen LogP contribution in [0.15, 0.2) is 24.3 Å². The van der Waals surface area contributed by atoms with Crippen LogP contribution in [-0.4, -0.2) is 5.78 Å². The molecule has 0 aliphatic heterocycles. The number of hydrogen-bond acceptors (Lipinski definition) is 1. The summed E-state index contributed by atoms with van der Waals surface area (Å²) in [6.07, 6.45) is 4.28. The Bertz CT molecular complexity index is 362. The van der Waals surface area contributed by atoms with Gasteiger partial charge in [0.15, 0.2) is 5.78 Å². The average molecular weight is 246 g/mol. The van der Waals surface area contributed by atoms with E-state index < -0.39 is 0 Å². The molecular weight excluding hydrogens is 220 g/mol. The molecule has 0 saturated heterocycles. The van der Waals surface area contributed by atoms with Crippen molar-refractivity contribution in [3.8, 4) is 0 Å². The van der Waals surface area contributed by atoms with Crippen molar-refractivity contribution >= 4 is 5.78 Å². The summed E-state index contributed by atoms with van der Waals surface area (Å²) in [5.41, 5.74) is 2.18. The molecule has 1 nitrogen and oxygen atoms in total. The maximum absolute atomic E-state index is 12.4. The number of ketones is 1. The smallest absolute Gasteiger partial charge is 0.165 e. The van der Waals surface area contributed by atoms with E-state index in [2.05, 4.69) is 39.8 Å². The van der Waals surface area contributed by atoms with Crippen molar-refractivity contribution < 1.29 is 4.79 Å². The molecule has 0 saturated carbocycles. The maximum Gasteiger partial charge on any atom is 0.165 e. The molecule has 0 aromatic heterocycles. The van der Waals surface area contributed by atoms with Gasteiger partial charge >= 0.3 is 0 Å². The number of carbonyl (C=O) groups is 1. The van der Waals surface area contributed by atoms with Crippen LogP contribution in [0.5, 0.6) is 0 Å². The fourth-order valence-electron chi connectivity index (χ4n) is 2.24. The summed E-state index contributed by atoms with van der Waals surface area (Å²) in [5.74, 6) is 1.05. The first-order valence-electron chi connectivity index (χ1n) is 7.24. The first kappa shape index (κ1) is 14.9. The van der Waals surface area contributed by atoms with Crippen LogP contribution >= 0.6 is 0 Å². The molecule has 1 aromatic rings. The highest BCUT2D eigenvalue weighted by Crippen LogP contribution is 2.21. The summed E-state index contributed by atoms with van der Waals surface area (Å²) in [5, 5.41) is 0. The minimum absolute atomic E-state index is 0.204. The quantitative estimate of drug-likeness (QED) is 0.604. The van der Waals surface area contributed by atoms with Crippen LogP contribution in [-0.2, 0) is 0 Å². The van der Waals surface area contributed by atoms with Crippen molar-refractivity contribution in [2.24, 2.45) is 5.92 Å². The topological polar surface area (TPSA) is 17.1 Å². The number of Topliss-reactive ketones (excluding diaryl/α,β-unsaturated/α-hetero) is 1. The molecule has 18 heavy (non-hydrogen) atoms. The average Bonchev–Trinajstić information content (AvgIpc) is 2.39. The Kier molecular flexibility index (Phi) is 6.11. The Labute approximate surface area is 112 Å². The van der Waals surface area contributed by atoms with Gasteiger partial charge in [-0.1, -0.05) is 64.8 Å². The number of carbonyl (C=O) groups excluding carboxylic acids is 1. The summed E-state index contributed by atoms with van der Waals surface area (Å²) in [6, 6.07) is 8.16. The van der Waals surface area contributed by atoms with E-state index >= 15 is 0 Å². The van der Waals surface area contributed by atoms with Crippen molar-refractivity contribution in [1.29, 1.82) is 0 Å². The number of benzene rings is 1. The lowest BCUT2D eigenvalue weighted by Crippen LogP contribution is -2.14.